The number of rotatable bonds is 7. The van der Waals surface area contributed by atoms with E-state index < -0.39 is 17.7 Å². The smallest absolute Gasteiger partial charge is 0.346 e. The molecule has 0 aromatic heterocycles. The fourth-order valence-corrected chi connectivity index (χ4v) is 2.68. The lowest BCUT2D eigenvalue weighted by molar-refractivity contribution is -0.120. The zero-order chi connectivity index (χ0) is 22.9. The fraction of sp³-hybridized carbons (Fsp3) is 0.0833. The van der Waals surface area contributed by atoms with Gasteiger partial charge in [0.25, 0.3) is 11.8 Å². The highest BCUT2D eigenvalue weighted by Crippen LogP contribution is 2.15. The molecule has 162 valence electrons. The number of benzene rings is 3. The Morgan fingerprint density at radius 1 is 1.00 bits per heavy atom. The van der Waals surface area contributed by atoms with E-state index in [0.717, 1.165) is 5.56 Å². The van der Waals surface area contributed by atoms with Gasteiger partial charge in [0.2, 0.25) is 0 Å². The van der Waals surface area contributed by atoms with Crippen molar-refractivity contribution in [3.05, 3.63) is 101 Å². The van der Waals surface area contributed by atoms with Crippen molar-refractivity contribution in [2.24, 2.45) is 5.10 Å². The number of aryl methyl sites for hydroxylation is 1. The van der Waals surface area contributed by atoms with Crippen molar-refractivity contribution in [3.8, 4) is 5.75 Å². The first-order valence-electron chi connectivity index (χ1n) is 9.66. The van der Waals surface area contributed by atoms with Crippen molar-refractivity contribution in [2.75, 3.05) is 6.54 Å². The summed E-state index contributed by atoms with van der Waals surface area (Å²) in [7, 11) is 0. The van der Waals surface area contributed by atoms with Crippen LogP contribution in [0, 0.1) is 12.7 Å². The van der Waals surface area contributed by atoms with Gasteiger partial charge < -0.3 is 10.1 Å². The van der Waals surface area contributed by atoms with Gasteiger partial charge in [0.05, 0.1) is 18.3 Å². The van der Waals surface area contributed by atoms with Crippen molar-refractivity contribution in [1.82, 2.24) is 10.7 Å². The highest BCUT2D eigenvalue weighted by molar-refractivity contribution is 5.96. The van der Waals surface area contributed by atoms with E-state index in [1.54, 1.807) is 36.4 Å². The van der Waals surface area contributed by atoms with Gasteiger partial charge in [-0.15, -0.1) is 0 Å². The van der Waals surface area contributed by atoms with Crippen molar-refractivity contribution in [1.29, 1.82) is 0 Å². The second-order valence-electron chi connectivity index (χ2n) is 6.78. The van der Waals surface area contributed by atoms with Gasteiger partial charge in [-0.05, 0) is 61.0 Å². The average Bonchev–Trinajstić information content (AvgIpc) is 2.79. The molecular formula is C24H20FN3O4. The molecule has 32 heavy (non-hydrogen) atoms. The van der Waals surface area contributed by atoms with Crippen LogP contribution in [-0.4, -0.2) is 30.5 Å². The molecule has 0 fully saturated rings. The first-order chi connectivity index (χ1) is 15.4. The van der Waals surface area contributed by atoms with E-state index in [9.17, 15) is 18.8 Å². The minimum atomic E-state index is -0.801. The van der Waals surface area contributed by atoms with Crippen LogP contribution >= 0.6 is 0 Å². The summed E-state index contributed by atoms with van der Waals surface area (Å²) in [5.41, 5.74) is 4.19. The molecule has 7 nitrogen and oxygen atoms in total. The lowest BCUT2D eigenvalue weighted by Gasteiger charge is -2.06. The molecule has 0 heterocycles. The lowest BCUT2D eigenvalue weighted by atomic mass is 10.1. The molecule has 0 saturated carbocycles. The number of hydrogen-bond acceptors (Lipinski definition) is 5. The molecular weight excluding hydrogens is 413 g/mol. The molecule has 0 atom stereocenters. The van der Waals surface area contributed by atoms with Crippen LogP contribution in [0.5, 0.6) is 5.75 Å². The number of hydrogen-bond donors (Lipinski definition) is 2. The maximum atomic E-state index is 13.6. The molecule has 0 aliphatic carbocycles. The summed E-state index contributed by atoms with van der Waals surface area (Å²) in [5, 5.41) is 6.34. The molecule has 0 radical (unpaired) electrons. The number of halogens is 1. The van der Waals surface area contributed by atoms with Crippen molar-refractivity contribution in [3.63, 3.8) is 0 Å². The second kappa shape index (κ2) is 10.6. The van der Waals surface area contributed by atoms with Crippen LogP contribution in [0.15, 0.2) is 77.9 Å². The summed E-state index contributed by atoms with van der Waals surface area (Å²) in [6.45, 7) is 1.65. The standard InChI is InChI=1S/C24H20FN3O4/c1-16-5-4-6-18(13-16)23(30)26-15-22(29)28-27-14-17-9-11-19(12-10-17)32-24(31)20-7-2-3-8-21(20)25/h2-14H,15H2,1H3,(H,26,30)(H,28,29)/b27-14-. The lowest BCUT2D eigenvalue weighted by Crippen LogP contribution is -2.34. The Labute approximate surface area is 183 Å². The minimum absolute atomic E-state index is 0.157. The van der Waals surface area contributed by atoms with E-state index in [4.69, 9.17) is 4.74 Å². The molecule has 0 unspecified atom stereocenters. The van der Waals surface area contributed by atoms with Gasteiger partial charge in [0.15, 0.2) is 0 Å². The summed E-state index contributed by atoms with van der Waals surface area (Å²) in [4.78, 5) is 35.9. The molecule has 2 N–H and O–H groups in total. The highest BCUT2D eigenvalue weighted by atomic mass is 19.1. The van der Waals surface area contributed by atoms with E-state index in [1.165, 1.54) is 36.5 Å². The molecule has 3 aromatic carbocycles. The zero-order valence-corrected chi connectivity index (χ0v) is 17.2. The van der Waals surface area contributed by atoms with Crippen molar-refractivity contribution >= 4 is 24.0 Å². The molecule has 8 heteroatoms. The van der Waals surface area contributed by atoms with Gasteiger partial charge in [0.1, 0.15) is 11.6 Å². The molecule has 0 spiro atoms. The number of carbonyl (C=O) groups excluding carboxylic acids is 3. The molecule has 0 aliphatic rings. The Morgan fingerprint density at radius 3 is 2.47 bits per heavy atom. The normalized spacial score (nSPS) is 10.6. The molecule has 0 saturated heterocycles. The summed E-state index contributed by atoms with van der Waals surface area (Å²) in [5.74, 6) is -2.07. The van der Waals surface area contributed by atoms with Gasteiger partial charge in [-0.25, -0.2) is 14.6 Å². The predicted octanol–water partition coefficient (Wildman–Crippen LogP) is 3.23. The van der Waals surface area contributed by atoms with Crippen molar-refractivity contribution in [2.45, 2.75) is 6.92 Å². The van der Waals surface area contributed by atoms with Crippen LogP contribution in [0.4, 0.5) is 4.39 Å². The van der Waals surface area contributed by atoms with Gasteiger partial charge in [-0.1, -0.05) is 29.8 Å². The zero-order valence-electron chi connectivity index (χ0n) is 17.2. The first-order valence-corrected chi connectivity index (χ1v) is 9.66. The van der Waals surface area contributed by atoms with Crippen LogP contribution in [0.3, 0.4) is 0 Å². The van der Waals surface area contributed by atoms with Gasteiger partial charge in [-0.3, -0.25) is 9.59 Å². The third-order valence-electron chi connectivity index (χ3n) is 4.28. The van der Waals surface area contributed by atoms with E-state index in [2.05, 4.69) is 15.8 Å². The maximum absolute atomic E-state index is 13.6. The second-order valence-corrected chi connectivity index (χ2v) is 6.78. The Balaban J connectivity index is 1.46. The number of nitrogens with one attached hydrogen (secondary N) is 2. The number of ether oxygens (including phenoxy) is 1. The van der Waals surface area contributed by atoms with Crippen LogP contribution in [0.1, 0.15) is 31.8 Å². The number of carbonyl (C=O) groups is 3. The number of esters is 1. The molecule has 2 amide bonds. The third-order valence-corrected chi connectivity index (χ3v) is 4.28. The Morgan fingerprint density at radius 2 is 1.75 bits per heavy atom. The molecule has 3 aromatic rings. The molecule has 3 rings (SSSR count). The summed E-state index contributed by atoms with van der Waals surface area (Å²) < 4.78 is 18.8. The Hall–Kier alpha value is -4.33. The van der Waals surface area contributed by atoms with Gasteiger partial charge >= 0.3 is 5.97 Å². The van der Waals surface area contributed by atoms with Gasteiger partial charge in [-0.2, -0.15) is 5.10 Å². The van der Waals surface area contributed by atoms with E-state index in [1.807, 2.05) is 13.0 Å². The average molecular weight is 433 g/mol. The van der Waals surface area contributed by atoms with Crippen LogP contribution in [0.25, 0.3) is 0 Å². The van der Waals surface area contributed by atoms with E-state index in [-0.39, 0.29) is 23.8 Å². The van der Waals surface area contributed by atoms with Crippen LogP contribution in [0.2, 0.25) is 0 Å². The summed E-state index contributed by atoms with van der Waals surface area (Å²) >= 11 is 0. The first kappa shape index (κ1) is 22.4. The monoisotopic (exact) mass is 433 g/mol. The SMILES string of the molecule is Cc1cccc(C(=O)NCC(=O)N/N=C\c2ccc(OC(=O)c3ccccc3F)cc2)c1. The fourth-order valence-electron chi connectivity index (χ4n) is 2.68. The Kier molecular flexibility index (Phi) is 7.42. The molecule has 0 aliphatic heterocycles. The largest absolute Gasteiger partial charge is 0.423 e. The number of nitrogens with zero attached hydrogens (tertiary/aromatic N) is 1. The van der Waals surface area contributed by atoms with E-state index in [0.29, 0.717) is 11.1 Å². The van der Waals surface area contributed by atoms with Crippen LogP contribution < -0.4 is 15.5 Å². The summed E-state index contributed by atoms with van der Waals surface area (Å²) in [6, 6.07) is 18.8. The summed E-state index contributed by atoms with van der Waals surface area (Å²) in [6.07, 6.45) is 1.39. The molecule has 0 bridgehead atoms. The van der Waals surface area contributed by atoms with Crippen LogP contribution in [-0.2, 0) is 4.79 Å². The van der Waals surface area contributed by atoms with E-state index >= 15 is 0 Å². The predicted molar refractivity (Wildman–Crippen MR) is 117 cm³/mol. The number of amides is 2. The Bertz CT molecular complexity index is 1160. The van der Waals surface area contributed by atoms with Crippen molar-refractivity contribution < 1.29 is 23.5 Å². The topological polar surface area (TPSA) is 96.9 Å². The van der Waals surface area contributed by atoms with Gasteiger partial charge in [0, 0.05) is 5.56 Å². The third kappa shape index (κ3) is 6.33. The maximum Gasteiger partial charge on any atom is 0.346 e. The quantitative estimate of drug-likeness (QED) is 0.259. The number of hydrazone groups is 1. The highest BCUT2D eigenvalue weighted by Gasteiger charge is 2.13. The minimum Gasteiger partial charge on any atom is -0.423 e.